The zero-order chi connectivity index (χ0) is 16.5. The quantitative estimate of drug-likeness (QED) is 0.562. The topological polar surface area (TPSA) is 38.6 Å². The minimum absolute atomic E-state index is 0.841. The van der Waals surface area contributed by atoms with Gasteiger partial charge in [0, 0.05) is 22.8 Å². The Bertz CT molecular complexity index is 985. The van der Waals surface area contributed by atoms with Gasteiger partial charge in [-0.2, -0.15) is 0 Å². The number of ether oxygens (including phenoxy) is 1. The van der Waals surface area contributed by atoms with E-state index in [2.05, 4.69) is 28.8 Å². The fourth-order valence-corrected chi connectivity index (χ4v) is 3.41. The Morgan fingerprint density at radius 3 is 2.62 bits per heavy atom. The maximum atomic E-state index is 5.25. The molecule has 0 unspecified atom stereocenters. The monoisotopic (exact) mass is 335 g/mol. The third-order valence-electron chi connectivity index (χ3n) is 4.02. The lowest BCUT2D eigenvalue weighted by atomic mass is 10.1. The van der Waals surface area contributed by atoms with E-state index in [1.807, 2.05) is 48.0 Å². The molecule has 0 aliphatic carbocycles. The largest absolute Gasteiger partial charge is 0.497 e. The summed E-state index contributed by atoms with van der Waals surface area (Å²) in [6.45, 7) is 2.10. The Labute approximate surface area is 144 Å². The van der Waals surface area contributed by atoms with E-state index < -0.39 is 0 Å². The molecule has 0 bridgehead atoms. The molecule has 0 aliphatic rings. The first-order valence-electron chi connectivity index (χ1n) is 7.69. The van der Waals surface area contributed by atoms with Gasteiger partial charge in [0.05, 0.1) is 7.11 Å². The van der Waals surface area contributed by atoms with Crippen LogP contribution in [0.5, 0.6) is 5.75 Å². The number of methoxy groups -OCH3 is 1. The summed E-state index contributed by atoms with van der Waals surface area (Å²) in [6.07, 6.45) is 2.04. The van der Waals surface area contributed by atoms with Gasteiger partial charge in [-0.25, -0.2) is 4.98 Å². The first-order valence-corrected chi connectivity index (χ1v) is 8.57. The molecule has 120 valence electrons. The average molecular weight is 335 g/mol. The first kappa shape index (κ1) is 14.8. The number of hydrogen-bond acceptors (Lipinski definition) is 4. The molecule has 1 N–H and O–H groups in total. The summed E-state index contributed by atoms with van der Waals surface area (Å²) in [5.41, 5.74) is 4.28. The smallest absolute Gasteiger partial charge is 0.195 e. The van der Waals surface area contributed by atoms with Crippen molar-refractivity contribution >= 4 is 27.8 Å². The number of para-hydroxylation sites is 1. The number of rotatable bonds is 4. The molecule has 0 atom stereocenters. The van der Waals surface area contributed by atoms with Crippen molar-refractivity contribution in [2.75, 3.05) is 12.4 Å². The molecule has 2 aromatic carbocycles. The number of fused-ring (bicyclic) bond motifs is 1. The molecule has 5 heteroatoms. The van der Waals surface area contributed by atoms with Crippen molar-refractivity contribution in [1.82, 2.24) is 9.38 Å². The standard InChI is InChI=1S/C19H17N3OS/c1-13-5-3-4-6-16(13)20-18-17(21-19-22(18)11-12-24-19)14-7-9-15(23-2)10-8-14/h3-12,20H,1-2H3. The molecule has 0 radical (unpaired) electrons. The Hall–Kier alpha value is -2.79. The van der Waals surface area contributed by atoms with Crippen molar-refractivity contribution in [3.63, 3.8) is 0 Å². The van der Waals surface area contributed by atoms with E-state index in [0.717, 1.165) is 33.5 Å². The minimum Gasteiger partial charge on any atom is -0.497 e. The van der Waals surface area contributed by atoms with Gasteiger partial charge in [-0.1, -0.05) is 18.2 Å². The van der Waals surface area contributed by atoms with Gasteiger partial charge < -0.3 is 10.1 Å². The zero-order valence-corrected chi connectivity index (χ0v) is 14.3. The number of nitrogens with one attached hydrogen (secondary N) is 1. The third-order valence-corrected chi connectivity index (χ3v) is 4.78. The molecule has 4 nitrogen and oxygen atoms in total. The molecule has 2 aromatic heterocycles. The molecule has 4 aromatic rings. The minimum atomic E-state index is 0.841. The average Bonchev–Trinajstić information content (AvgIpc) is 3.19. The van der Waals surface area contributed by atoms with E-state index in [9.17, 15) is 0 Å². The Balaban J connectivity index is 1.83. The van der Waals surface area contributed by atoms with E-state index in [1.54, 1.807) is 18.4 Å². The highest BCUT2D eigenvalue weighted by molar-refractivity contribution is 7.15. The molecule has 0 amide bonds. The molecule has 2 heterocycles. The van der Waals surface area contributed by atoms with Crippen LogP contribution in [0.2, 0.25) is 0 Å². The summed E-state index contributed by atoms with van der Waals surface area (Å²) in [7, 11) is 1.67. The van der Waals surface area contributed by atoms with Crippen LogP contribution in [0.15, 0.2) is 60.1 Å². The number of imidazole rings is 1. The summed E-state index contributed by atoms with van der Waals surface area (Å²) in [4.78, 5) is 5.77. The number of aryl methyl sites for hydroxylation is 1. The summed E-state index contributed by atoms with van der Waals surface area (Å²) >= 11 is 1.63. The lowest BCUT2D eigenvalue weighted by Gasteiger charge is -2.11. The summed E-state index contributed by atoms with van der Waals surface area (Å²) < 4.78 is 7.35. The number of anilines is 2. The van der Waals surface area contributed by atoms with E-state index >= 15 is 0 Å². The van der Waals surface area contributed by atoms with Gasteiger partial charge >= 0.3 is 0 Å². The highest BCUT2D eigenvalue weighted by atomic mass is 32.1. The van der Waals surface area contributed by atoms with Gasteiger partial charge in [-0.05, 0) is 42.8 Å². The predicted molar refractivity (Wildman–Crippen MR) is 99.5 cm³/mol. The lowest BCUT2D eigenvalue weighted by Crippen LogP contribution is -1.97. The maximum absolute atomic E-state index is 5.25. The number of nitrogens with zero attached hydrogens (tertiary/aromatic N) is 2. The van der Waals surface area contributed by atoms with E-state index in [1.165, 1.54) is 5.56 Å². The second-order valence-corrected chi connectivity index (χ2v) is 6.41. The number of benzene rings is 2. The van der Waals surface area contributed by atoms with E-state index in [0.29, 0.717) is 0 Å². The van der Waals surface area contributed by atoms with Crippen LogP contribution in [0.25, 0.3) is 16.2 Å². The van der Waals surface area contributed by atoms with Gasteiger partial charge in [0.1, 0.15) is 17.3 Å². The number of hydrogen-bond donors (Lipinski definition) is 1. The van der Waals surface area contributed by atoms with Crippen molar-refractivity contribution in [3.8, 4) is 17.0 Å². The van der Waals surface area contributed by atoms with Crippen molar-refractivity contribution in [2.24, 2.45) is 0 Å². The van der Waals surface area contributed by atoms with E-state index in [-0.39, 0.29) is 0 Å². The van der Waals surface area contributed by atoms with Crippen LogP contribution in [0, 0.1) is 6.92 Å². The predicted octanol–water partition coefficient (Wildman–Crippen LogP) is 5.12. The second kappa shape index (κ2) is 6.02. The SMILES string of the molecule is COc1ccc(-c2nc3sccn3c2Nc2ccccc2C)cc1. The summed E-state index contributed by atoms with van der Waals surface area (Å²) in [5.74, 6) is 1.82. The molecule has 24 heavy (non-hydrogen) atoms. The van der Waals surface area contributed by atoms with Crippen LogP contribution >= 0.6 is 11.3 Å². The molecule has 0 fully saturated rings. The van der Waals surface area contributed by atoms with Crippen molar-refractivity contribution in [2.45, 2.75) is 6.92 Å². The van der Waals surface area contributed by atoms with Crippen LogP contribution in [-0.4, -0.2) is 16.5 Å². The van der Waals surface area contributed by atoms with E-state index in [4.69, 9.17) is 9.72 Å². The highest BCUT2D eigenvalue weighted by Gasteiger charge is 2.15. The van der Waals surface area contributed by atoms with Crippen LogP contribution in [-0.2, 0) is 0 Å². The van der Waals surface area contributed by atoms with Crippen molar-refractivity contribution in [1.29, 1.82) is 0 Å². The van der Waals surface area contributed by atoms with Gasteiger partial charge in [-0.3, -0.25) is 4.40 Å². The molecule has 4 rings (SSSR count). The maximum Gasteiger partial charge on any atom is 0.195 e. The Morgan fingerprint density at radius 1 is 1.08 bits per heavy atom. The molecule has 0 saturated carbocycles. The second-order valence-electron chi connectivity index (χ2n) is 5.53. The summed E-state index contributed by atoms with van der Waals surface area (Å²) in [5, 5.41) is 5.60. The van der Waals surface area contributed by atoms with Gasteiger partial charge in [0.25, 0.3) is 0 Å². The lowest BCUT2D eigenvalue weighted by molar-refractivity contribution is 0.415. The van der Waals surface area contributed by atoms with Gasteiger partial charge in [0.2, 0.25) is 0 Å². The first-order chi connectivity index (χ1) is 11.8. The third kappa shape index (κ3) is 2.53. The molecule has 0 spiro atoms. The van der Waals surface area contributed by atoms with Crippen LogP contribution < -0.4 is 10.1 Å². The molecule has 0 aliphatic heterocycles. The number of thiazole rings is 1. The van der Waals surface area contributed by atoms with Gasteiger partial charge in [0.15, 0.2) is 4.96 Å². The summed E-state index contributed by atoms with van der Waals surface area (Å²) in [6, 6.07) is 16.2. The highest BCUT2D eigenvalue weighted by Crippen LogP contribution is 2.34. The van der Waals surface area contributed by atoms with Crippen molar-refractivity contribution < 1.29 is 4.74 Å². The zero-order valence-electron chi connectivity index (χ0n) is 13.5. The number of aromatic nitrogens is 2. The molecular weight excluding hydrogens is 318 g/mol. The molecular formula is C19H17N3OS. The Morgan fingerprint density at radius 2 is 1.88 bits per heavy atom. The Kier molecular flexibility index (Phi) is 3.70. The van der Waals surface area contributed by atoms with Gasteiger partial charge in [-0.15, -0.1) is 11.3 Å². The normalized spacial score (nSPS) is 10.9. The van der Waals surface area contributed by atoms with Crippen LogP contribution in [0.3, 0.4) is 0 Å². The fourth-order valence-electron chi connectivity index (χ4n) is 2.70. The molecule has 0 saturated heterocycles. The van der Waals surface area contributed by atoms with Crippen molar-refractivity contribution in [3.05, 3.63) is 65.7 Å². The van der Waals surface area contributed by atoms with Crippen LogP contribution in [0.1, 0.15) is 5.56 Å². The van der Waals surface area contributed by atoms with Crippen LogP contribution in [0.4, 0.5) is 11.5 Å². The fraction of sp³-hybridized carbons (Fsp3) is 0.105.